The lowest BCUT2D eigenvalue weighted by Crippen LogP contribution is -2.24. The van der Waals surface area contributed by atoms with E-state index in [-0.39, 0.29) is 12.2 Å². The molecular weight excluding hydrogens is 280 g/mol. The van der Waals surface area contributed by atoms with Crippen molar-refractivity contribution in [3.63, 3.8) is 0 Å². The van der Waals surface area contributed by atoms with Gasteiger partial charge in [0.15, 0.2) is 0 Å². The molecule has 0 aliphatic carbocycles. The third-order valence-electron chi connectivity index (χ3n) is 3.42. The van der Waals surface area contributed by atoms with Gasteiger partial charge >= 0.3 is 0 Å². The van der Waals surface area contributed by atoms with Crippen molar-refractivity contribution in [1.82, 2.24) is 0 Å². The molecule has 0 bridgehead atoms. The highest BCUT2D eigenvalue weighted by Crippen LogP contribution is 2.23. The summed E-state index contributed by atoms with van der Waals surface area (Å²) in [4.78, 5) is 0. The van der Waals surface area contributed by atoms with Gasteiger partial charge in [0, 0.05) is 14.2 Å². The lowest BCUT2D eigenvalue weighted by Gasteiger charge is -2.22. The molecule has 2 atom stereocenters. The van der Waals surface area contributed by atoms with E-state index in [0.717, 1.165) is 0 Å². The molecule has 6 heteroatoms. The first-order valence-corrected chi connectivity index (χ1v) is 7.41. The van der Waals surface area contributed by atoms with Crippen LogP contribution in [0.25, 0.3) is 0 Å². The molecule has 0 aliphatic heterocycles. The van der Waals surface area contributed by atoms with Crippen molar-refractivity contribution < 1.29 is 9.47 Å². The van der Waals surface area contributed by atoms with Crippen molar-refractivity contribution in [2.75, 3.05) is 27.3 Å². The number of ether oxygens (including phenoxy) is 2. The molecule has 0 saturated heterocycles. The van der Waals surface area contributed by atoms with Gasteiger partial charge in [-0.2, -0.15) is 20.8 Å². The lowest BCUT2D eigenvalue weighted by molar-refractivity contribution is 0.0736. The van der Waals surface area contributed by atoms with Gasteiger partial charge in [0.1, 0.15) is 0 Å². The van der Waals surface area contributed by atoms with Crippen LogP contribution in [0, 0.1) is 33.5 Å². The van der Waals surface area contributed by atoms with Crippen LogP contribution in [0.3, 0.4) is 0 Å². The molecule has 0 saturated carbocycles. The number of nitrogens with zero attached hydrogens (tertiary/aromatic N) is 4. The second-order valence-corrected chi connectivity index (χ2v) is 6.76. The Hall–Kier alpha value is -1.50. The molecule has 2 unspecified atom stereocenters. The third kappa shape index (κ3) is 8.71. The highest BCUT2D eigenvalue weighted by Gasteiger charge is 2.24. The lowest BCUT2D eigenvalue weighted by atomic mass is 9.88. The van der Waals surface area contributed by atoms with Gasteiger partial charge in [-0.25, -0.2) is 0 Å². The van der Waals surface area contributed by atoms with Crippen LogP contribution in [0.1, 0.15) is 40.5 Å². The highest BCUT2D eigenvalue weighted by atomic mass is 16.5. The van der Waals surface area contributed by atoms with Crippen LogP contribution >= 0.6 is 0 Å². The Morgan fingerprint density at radius 2 is 1.14 bits per heavy atom. The Morgan fingerprint density at radius 3 is 1.36 bits per heavy atom. The van der Waals surface area contributed by atoms with Crippen LogP contribution in [0.5, 0.6) is 0 Å². The smallest absolute Gasteiger partial charge is 0.0861 e. The van der Waals surface area contributed by atoms with Crippen LogP contribution in [-0.4, -0.2) is 39.5 Å². The van der Waals surface area contributed by atoms with Gasteiger partial charge < -0.3 is 9.47 Å². The van der Waals surface area contributed by atoms with E-state index in [1.807, 2.05) is 27.7 Å². The fraction of sp³-hybridized carbons (Fsp3) is 0.875. The third-order valence-corrected chi connectivity index (χ3v) is 3.42. The summed E-state index contributed by atoms with van der Waals surface area (Å²) >= 11 is 0. The zero-order valence-electron chi connectivity index (χ0n) is 14.6. The Bertz CT molecular complexity index is 392. The van der Waals surface area contributed by atoms with E-state index in [2.05, 4.69) is 22.4 Å². The summed E-state index contributed by atoms with van der Waals surface area (Å²) < 4.78 is 10.7. The first-order chi connectivity index (χ1) is 10.2. The number of rotatable bonds is 10. The van der Waals surface area contributed by atoms with Crippen molar-refractivity contribution in [2.24, 2.45) is 21.1 Å². The molecule has 0 aliphatic rings. The maximum atomic E-state index is 9.04. The minimum Gasteiger partial charge on any atom is -0.379 e. The fourth-order valence-corrected chi connectivity index (χ4v) is 1.97. The molecule has 6 nitrogen and oxygen atoms in total. The Kier molecular flexibility index (Phi) is 8.86. The highest BCUT2D eigenvalue weighted by molar-refractivity contribution is 4.94. The quantitative estimate of drug-likeness (QED) is 0.579. The van der Waals surface area contributed by atoms with Crippen LogP contribution < -0.4 is 0 Å². The fourth-order valence-electron chi connectivity index (χ4n) is 1.97. The van der Waals surface area contributed by atoms with Crippen LogP contribution in [-0.2, 0) is 9.47 Å². The molecule has 22 heavy (non-hydrogen) atoms. The minimum absolute atomic E-state index is 0.130. The summed E-state index contributed by atoms with van der Waals surface area (Å²) in [5, 5.41) is 26.4. The van der Waals surface area contributed by atoms with Crippen LogP contribution in [0.4, 0.5) is 0 Å². The van der Waals surface area contributed by atoms with Gasteiger partial charge in [0.05, 0.1) is 48.3 Å². The van der Waals surface area contributed by atoms with Crippen molar-refractivity contribution in [3.8, 4) is 12.1 Å². The standard InChI is InChI=1S/C16H28N4O2/c1-15(2,11-17)7-13(21-5)9-19-20-10-14(22-6)8-16(3,4)12-18/h13-14H,7-10H2,1-6H3. The van der Waals surface area contributed by atoms with Gasteiger partial charge in [0.25, 0.3) is 0 Å². The first kappa shape index (κ1) is 20.5. The number of nitriles is 2. The maximum absolute atomic E-state index is 9.04. The topological polar surface area (TPSA) is 90.8 Å². The van der Waals surface area contributed by atoms with E-state index in [0.29, 0.717) is 25.9 Å². The molecule has 0 radical (unpaired) electrons. The largest absolute Gasteiger partial charge is 0.379 e. The second kappa shape index (κ2) is 9.50. The Labute approximate surface area is 134 Å². The van der Waals surface area contributed by atoms with Crippen molar-refractivity contribution >= 4 is 0 Å². The second-order valence-electron chi connectivity index (χ2n) is 6.76. The normalized spacial score (nSPS) is 15.3. The molecule has 0 N–H and O–H groups in total. The molecule has 0 rings (SSSR count). The van der Waals surface area contributed by atoms with Gasteiger partial charge in [-0.3, -0.25) is 0 Å². The molecule has 0 amide bonds. The molecule has 0 spiro atoms. The van der Waals surface area contributed by atoms with Gasteiger partial charge in [-0.05, 0) is 40.5 Å². The maximum Gasteiger partial charge on any atom is 0.0861 e. The number of methoxy groups -OCH3 is 2. The molecule has 0 aromatic heterocycles. The SMILES string of the molecule is COC(CN=NCC(CC(C)(C)C#N)OC)CC(C)(C)C#N. The molecular formula is C16H28N4O2. The van der Waals surface area contributed by atoms with Crippen molar-refractivity contribution in [2.45, 2.75) is 52.7 Å². The van der Waals surface area contributed by atoms with Gasteiger partial charge in [-0.1, -0.05) is 0 Å². The molecule has 0 fully saturated rings. The molecule has 0 heterocycles. The molecule has 0 aromatic carbocycles. The monoisotopic (exact) mass is 308 g/mol. The predicted octanol–water partition coefficient (Wildman–Crippen LogP) is 3.35. The van der Waals surface area contributed by atoms with Crippen LogP contribution in [0.15, 0.2) is 10.2 Å². The zero-order valence-corrected chi connectivity index (χ0v) is 14.6. The van der Waals surface area contributed by atoms with E-state index in [4.69, 9.17) is 20.0 Å². The van der Waals surface area contributed by atoms with Gasteiger partial charge in [0.2, 0.25) is 0 Å². The molecule has 124 valence electrons. The number of hydrogen-bond acceptors (Lipinski definition) is 6. The van der Waals surface area contributed by atoms with E-state index in [1.54, 1.807) is 14.2 Å². The minimum atomic E-state index is -0.442. The number of hydrogen-bond donors (Lipinski definition) is 0. The average Bonchev–Trinajstić information content (AvgIpc) is 2.48. The van der Waals surface area contributed by atoms with Crippen LogP contribution in [0.2, 0.25) is 0 Å². The summed E-state index contributed by atoms with van der Waals surface area (Å²) in [6, 6.07) is 4.51. The van der Waals surface area contributed by atoms with Crippen molar-refractivity contribution in [1.29, 1.82) is 10.5 Å². The van der Waals surface area contributed by atoms with E-state index in [1.165, 1.54) is 0 Å². The summed E-state index contributed by atoms with van der Waals surface area (Å²) in [5.74, 6) is 0. The summed E-state index contributed by atoms with van der Waals surface area (Å²) in [7, 11) is 3.22. The van der Waals surface area contributed by atoms with E-state index in [9.17, 15) is 0 Å². The first-order valence-electron chi connectivity index (χ1n) is 7.41. The summed E-state index contributed by atoms with van der Waals surface area (Å²) in [6.07, 6.45) is 0.951. The van der Waals surface area contributed by atoms with E-state index < -0.39 is 10.8 Å². The average molecular weight is 308 g/mol. The van der Waals surface area contributed by atoms with E-state index >= 15 is 0 Å². The Morgan fingerprint density at radius 1 is 0.818 bits per heavy atom. The predicted molar refractivity (Wildman–Crippen MR) is 84.2 cm³/mol. The number of azo groups is 1. The Balaban J connectivity index is 4.36. The summed E-state index contributed by atoms with van der Waals surface area (Å²) in [6.45, 7) is 8.34. The zero-order chi connectivity index (χ0) is 17.2. The molecule has 0 aromatic rings. The summed E-state index contributed by atoms with van der Waals surface area (Å²) in [5.41, 5.74) is -0.885. The van der Waals surface area contributed by atoms with Gasteiger partial charge in [-0.15, -0.1) is 0 Å². The van der Waals surface area contributed by atoms with Crippen molar-refractivity contribution in [3.05, 3.63) is 0 Å².